The molecule has 1 aliphatic rings. The first-order valence-electron chi connectivity index (χ1n) is 5.71. The van der Waals surface area contributed by atoms with Crippen LogP contribution in [0.2, 0.25) is 0 Å². The van der Waals surface area contributed by atoms with E-state index >= 15 is 0 Å². The van der Waals surface area contributed by atoms with Gasteiger partial charge in [-0.1, -0.05) is 0 Å². The summed E-state index contributed by atoms with van der Waals surface area (Å²) in [5.41, 5.74) is 0.358. The number of nitrogens with one attached hydrogen (secondary N) is 1. The number of urea groups is 1. The maximum atomic E-state index is 12.7. The van der Waals surface area contributed by atoms with E-state index < -0.39 is 30.0 Å². The Morgan fingerprint density at radius 1 is 1.32 bits per heavy atom. The zero-order valence-electron chi connectivity index (χ0n) is 9.91. The summed E-state index contributed by atoms with van der Waals surface area (Å²) in [6.07, 6.45) is -0.841. The second kappa shape index (κ2) is 5.23. The van der Waals surface area contributed by atoms with Crippen LogP contribution in [0.3, 0.4) is 0 Å². The molecule has 2 rings (SSSR count). The van der Waals surface area contributed by atoms with Gasteiger partial charge in [-0.25, -0.2) is 14.0 Å². The Labute approximate surface area is 108 Å². The van der Waals surface area contributed by atoms with Crippen molar-refractivity contribution in [3.63, 3.8) is 0 Å². The largest absolute Gasteiger partial charge is 0.480 e. The van der Waals surface area contributed by atoms with Crippen LogP contribution in [0.5, 0.6) is 0 Å². The first kappa shape index (κ1) is 13.3. The standard InChI is InChI=1S/C12H13FN2O4/c13-7-1-3-8(4-2-7)14-12(19)15-6-9(16)5-10(15)11(17)18/h1-4,9-10,16H,5-6H2,(H,14,19)(H,17,18)/t9-,10+/m1/s1. The number of aliphatic hydroxyl groups excluding tert-OH is 1. The van der Waals surface area contributed by atoms with Crippen molar-refractivity contribution < 1.29 is 24.2 Å². The number of aliphatic carboxylic acids is 1. The van der Waals surface area contributed by atoms with Crippen molar-refractivity contribution in [1.82, 2.24) is 4.90 Å². The third kappa shape index (κ3) is 3.00. The SMILES string of the molecule is O=C(O)[C@@H]1C[C@@H](O)CN1C(=O)Nc1ccc(F)cc1. The number of halogens is 1. The molecule has 2 amide bonds. The number of amides is 2. The van der Waals surface area contributed by atoms with Crippen molar-refractivity contribution in [2.75, 3.05) is 11.9 Å². The minimum atomic E-state index is -1.16. The van der Waals surface area contributed by atoms with Crippen LogP contribution in [-0.2, 0) is 4.79 Å². The van der Waals surface area contributed by atoms with Gasteiger partial charge < -0.3 is 20.4 Å². The van der Waals surface area contributed by atoms with Gasteiger partial charge in [0, 0.05) is 18.7 Å². The molecule has 0 unspecified atom stereocenters. The second-order valence-corrected chi connectivity index (χ2v) is 4.33. The van der Waals surface area contributed by atoms with E-state index in [1.165, 1.54) is 24.3 Å². The van der Waals surface area contributed by atoms with Crippen molar-refractivity contribution in [3.05, 3.63) is 30.1 Å². The summed E-state index contributed by atoms with van der Waals surface area (Å²) in [7, 11) is 0. The normalized spacial score (nSPS) is 22.3. The molecule has 6 nitrogen and oxygen atoms in total. The second-order valence-electron chi connectivity index (χ2n) is 4.33. The highest BCUT2D eigenvalue weighted by Gasteiger charge is 2.38. The highest BCUT2D eigenvalue weighted by molar-refractivity contribution is 5.92. The predicted octanol–water partition coefficient (Wildman–Crippen LogP) is 0.877. The highest BCUT2D eigenvalue weighted by atomic mass is 19.1. The summed E-state index contributed by atoms with van der Waals surface area (Å²) in [6.45, 7) is -0.0377. The van der Waals surface area contributed by atoms with E-state index in [1.54, 1.807) is 0 Å². The third-order valence-corrected chi connectivity index (χ3v) is 2.92. The zero-order chi connectivity index (χ0) is 14.0. The fraction of sp³-hybridized carbons (Fsp3) is 0.333. The van der Waals surface area contributed by atoms with Crippen LogP contribution in [-0.4, -0.2) is 45.8 Å². The average molecular weight is 268 g/mol. The Bertz CT molecular complexity index is 491. The van der Waals surface area contributed by atoms with Crippen LogP contribution in [0, 0.1) is 5.82 Å². The van der Waals surface area contributed by atoms with Gasteiger partial charge in [-0.3, -0.25) is 0 Å². The molecule has 19 heavy (non-hydrogen) atoms. The summed E-state index contributed by atoms with van der Waals surface area (Å²) in [6, 6.07) is 3.43. The molecule has 0 aliphatic carbocycles. The molecule has 1 saturated heterocycles. The van der Waals surface area contributed by atoms with Gasteiger partial charge in [0.1, 0.15) is 11.9 Å². The number of carboxylic acids is 1. The molecule has 0 radical (unpaired) electrons. The minimum Gasteiger partial charge on any atom is -0.480 e. The van der Waals surface area contributed by atoms with Gasteiger partial charge in [-0.15, -0.1) is 0 Å². The highest BCUT2D eigenvalue weighted by Crippen LogP contribution is 2.19. The number of anilines is 1. The number of nitrogens with zero attached hydrogens (tertiary/aromatic N) is 1. The number of benzene rings is 1. The number of carbonyl (C=O) groups excluding carboxylic acids is 1. The van der Waals surface area contributed by atoms with E-state index in [0.717, 1.165) is 4.90 Å². The van der Waals surface area contributed by atoms with Crippen molar-refractivity contribution >= 4 is 17.7 Å². The van der Waals surface area contributed by atoms with Crippen molar-refractivity contribution in [2.45, 2.75) is 18.6 Å². The van der Waals surface area contributed by atoms with E-state index in [9.17, 15) is 19.1 Å². The molecule has 0 aromatic heterocycles. The monoisotopic (exact) mass is 268 g/mol. The zero-order valence-corrected chi connectivity index (χ0v) is 9.91. The molecule has 0 spiro atoms. The molecule has 1 aliphatic heterocycles. The molecular formula is C12H13FN2O4. The first-order chi connectivity index (χ1) is 8.97. The van der Waals surface area contributed by atoms with E-state index in [-0.39, 0.29) is 13.0 Å². The number of hydrogen-bond donors (Lipinski definition) is 3. The van der Waals surface area contributed by atoms with E-state index in [2.05, 4.69) is 5.32 Å². The first-order valence-corrected chi connectivity index (χ1v) is 5.71. The van der Waals surface area contributed by atoms with Gasteiger partial charge in [0.25, 0.3) is 0 Å². The fourth-order valence-corrected chi connectivity index (χ4v) is 2.00. The Kier molecular flexibility index (Phi) is 3.66. The molecule has 102 valence electrons. The van der Waals surface area contributed by atoms with Crippen LogP contribution < -0.4 is 5.32 Å². The van der Waals surface area contributed by atoms with Crippen LogP contribution in [0.1, 0.15) is 6.42 Å². The Balaban J connectivity index is 2.06. The lowest BCUT2D eigenvalue weighted by Gasteiger charge is -2.21. The smallest absolute Gasteiger partial charge is 0.326 e. The topological polar surface area (TPSA) is 89.9 Å². The number of carbonyl (C=O) groups is 2. The molecule has 1 aromatic carbocycles. The quantitative estimate of drug-likeness (QED) is 0.742. The average Bonchev–Trinajstić information content (AvgIpc) is 2.74. The summed E-state index contributed by atoms with van der Waals surface area (Å²) < 4.78 is 12.7. The lowest BCUT2D eigenvalue weighted by atomic mass is 10.2. The van der Waals surface area contributed by atoms with Crippen molar-refractivity contribution in [2.24, 2.45) is 0 Å². The summed E-state index contributed by atoms with van der Waals surface area (Å²) in [5, 5.41) is 20.9. The van der Waals surface area contributed by atoms with Crippen LogP contribution in [0.25, 0.3) is 0 Å². The number of aliphatic hydroxyl groups is 1. The van der Waals surface area contributed by atoms with Gasteiger partial charge in [0.2, 0.25) is 0 Å². The Morgan fingerprint density at radius 3 is 2.53 bits per heavy atom. The summed E-state index contributed by atoms with van der Waals surface area (Å²) >= 11 is 0. The molecule has 1 aromatic rings. The lowest BCUT2D eigenvalue weighted by molar-refractivity contribution is -0.141. The van der Waals surface area contributed by atoms with Gasteiger partial charge in [0.05, 0.1) is 6.10 Å². The van der Waals surface area contributed by atoms with Crippen molar-refractivity contribution in [3.8, 4) is 0 Å². The Morgan fingerprint density at radius 2 is 1.95 bits per heavy atom. The maximum absolute atomic E-state index is 12.7. The third-order valence-electron chi connectivity index (χ3n) is 2.92. The molecular weight excluding hydrogens is 255 g/mol. The lowest BCUT2D eigenvalue weighted by Crippen LogP contribution is -2.43. The van der Waals surface area contributed by atoms with Gasteiger partial charge >= 0.3 is 12.0 Å². The maximum Gasteiger partial charge on any atom is 0.326 e. The molecule has 1 heterocycles. The number of carboxylic acid groups (broad SMARTS) is 1. The molecule has 0 bridgehead atoms. The number of rotatable bonds is 2. The number of hydrogen-bond acceptors (Lipinski definition) is 3. The molecule has 3 N–H and O–H groups in total. The molecule has 0 saturated carbocycles. The fourth-order valence-electron chi connectivity index (χ4n) is 2.00. The van der Waals surface area contributed by atoms with Crippen LogP contribution in [0.4, 0.5) is 14.9 Å². The van der Waals surface area contributed by atoms with E-state index in [1.807, 2.05) is 0 Å². The van der Waals surface area contributed by atoms with Gasteiger partial charge in [-0.05, 0) is 24.3 Å². The molecule has 7 heteroatoms. The molecule has 1 fully saturated rings. The van der Waals surface area contributed by atoms with Gasteiger partial charge in [-0.2, -0.15) is 0 Å². The van der Waals surface area contributed by atoms with E-state index in [0.29, 0.717) is 5.69 Å². The number of β-amino-alcohol motifs (C(OH)–C–C–N with tert-alkyl or cyclic N) is 1. The summed E-state index contributed by atoms with van der Waals surface area (Å²) in [5.74, 6) is -1.59. The predicted molar refractivity (Wildman–Crippen MR) is 64.2 cm³/mol. The number of likely N-dealkylation sites (tertiary alicyclic amines) is 1. The van der Waals surface area contributed by atoms with Crippen LogP contribution >= 0.6 is 0 Å². The van der Waals surface area contributed by atoms with Gasteiger partial charge in [0.15, 0.2) is 0 Å². The summed E-state index contributed by atoms with van der Waals surface area (Å²) in [4.78, 5) is 23.9. The minimum absolute atomic E-state index is 0.00612. The Hall–Kier alpha value is -2.15. The van der Waals surface area contributed by atoms with Crippen molar-refractivity contribution in [1.29, 1.82) is 0 Å². The van der Waals surface area contributed by atoms with E-state index in [4.69, 9.17) is 5.11 Å². The molecule has 2 atom stereocenters. The van der Waals surface area contributed by atoms with Crippen LogP contribution in [0.15, 0.2) is 24.3 Å².